The van der Waals surface area contributed by atoms with Gasteiger partial charge in [0.1, 0.15) is 12.2 Å². The van der Waals surface area contributed by atoms with E-state index in [2.05, 4.69) is 10.1 Å². The summed E-state index contributed by atoms with van der Waals surface area (Å²) in [6, 6.07) is 0. The van der Waals surface area contributed by atoms with Crippen molar-refractivity contribution in [3.05, 3.63) is 12.2 Å². The molecule has 0 saturated carbocycles. The van der Waals surface area contributed by atoms with Gasteiger partial charge in [-0.15, -0.1) is 0 Å². The molecule has 7 heteroatoms. The highest BCUT2D eigenvalue weighted by Crippen LogP contribution is 2.30. The summed E-state index contributed by atoms with van der Waals surface area (Å²) in [4.78, 5) is 27.7. The Morgan fingerprint density at radius 3 is 2.58 bits per heavy atom. The van der Waals surface area contributed by atoms with E-state index < -0.39 is 17.4 Å². The zero-order valence-corrected chi connectivity index (χ0v) is 11.4. The van der Waals surface area contributed by atoms with Gasteiger partial charge in [-0.3, -0.25) is 14.3 Å². The van der Waals surface area contributed by atoms with Crippen molar-refractivity contribution in [2.45, 2.75) is 33.1 Å². The molecule has 0 aliphatic heterocycles. The van der Waals surface area contributed by atoms with Crippen LogP contribution in [0.25, 0.3) is 0 Å². The third-order valence-electron chi connectivity index (χ3n) is 3.02. The van der Waals surface area contributed by atoms with E-state index in [0.29, 0.717) is 12.2 Å². The van der Waals surface area contributed by atoms with Crippen LogP contribution >= 0.6 is 0 Å². The maximum atomic E-state index is 12.1. The van der Waals surface area contributed by atoms with Crippen LogP contribution in [0.3, 0.4) is 0 Å². The Balaban J connectivity index is 3.12. The molecular formula is C12H19N3O4. The topological polar surface area (TPSA) is 94.3 Å². The summed E-state index contributed by atoms with van der Waals surface area (Å²) in [6.07, 6.45) is 2.07. The predicted octanol–water partition coefficient (Wildman–Crippen LogP) is 0.792. The molecule has 0 aliphatic rings. The average molecular weight is 269 g/mol. The number of carboxylic acid groups (broad SMARTS) is 1. The highest BCUT2D eigenvalue weighted by molar-refractivity contribution is 5.99. The molecule has 1 N–H and O–H groups in total. The van der Waals surface area contributed by atoms with E-state index >= 15 is 0 Å². The summed E-state index contributed by atoms with van der Waals surface area (Å²) in [5.41, 5.74) is -1.59. The van der Waals surface area contributed by atoms with E-state index in [1.54, 1.807) is 14.0 Å². The molecule has 0 radical (unpaired) electrons. The highest BCUT2D eigenvalue weighted by Gasteiger charge is 2.48. The van der Waals surface area contributed by atoms with Crippen LogP contribution in [0.1, 0.15) is 32.5 Å². The summed E-state index contributed by atoms with van der Waals surface area (Å²) in [6.45, 7) is 3.63. The second kappa shape index (κ2) is 6.31. The normalized spacial score (nSPS) is 13.8. The smallest absolute Gasteiger partial charge is 0.323 e. The second-order valence-corrected chi connectivity index (χ2v) is 4.33. The molecule has 0 spiro atoms. The lowest BCUT2D eigenvalue weighted by molar-refractivity contribution is -0.169. The van der Waals surface area contributed by atoms with Crippen LogP contribution in [0.5, 0.6) is 0 Å². The Morgan fingerprint density at radius 1 is 1.47 bits per heavy atom. The fourth-order valence-corrected chi connectivity index (χ4v) is 1.98. The first-order valence-electron chi connectivity index (χ1n) is 6.21. The summed E-state index contributed by atoms with van der Waals surface area (Å²) in [7, 11) is 1.66. The van der Waals surface area contributed by atoms with Crippen molar-refractivity contribution in [1.29, 1.82) is 0 Å². The van der Waals surface area contributed by atoms with Gasteiger partial charge >= 0.3 is 11.9 Å². The largest absolute Gasteiger partial charge is 0.480 e. The Labute approximate surface area is 111 Å². The fraction of sp³-hybridized carbons (Fsp3) is 0.667. The Kier molecular flexibility index (Phi) is 5.02. The molecule has 0 aromatic carbocycles. The number of esters is 1. The first kappa shape index (κ1) is 15.1. The van der Waals surface area contributed by atoms with Gasteiger partial charge in [0, 0.05) is 13.5 Å². The van der Waals surface area contributed by atoms with E-state index in [1.165, 1.54) is 11.0 Å². The summed E-state index contributed by atoms with van der Waals surface area (Å²) in [5.74, 6) is -1.45. The predicted molar refractivity (Wildman–Crippen MR) is 66.3 cm³/mol. The van der Waals surface area contributed by atoms with Gasteiger partial charge in [0.25, 0.3) is 0 Å². The van der Waals surface area contributed by atoms with Gasteiger partial charge in [-0.2, -0.15) is 5.10 Å². The maximum absolute atomic E-state index is 12.1. The monoisotopic (exact) mass is 269 g/mol. The van der Waals surface area contributed by atoms with Crippen LogP contribution in [0, 0.1) is 5.41 Å². The molecule has 1 aromatic heterocycles. The van der Waals surface area contributed by atoms with Gasteiger partial charge in [-0.25, -0.2) is 4.98 Å². The zero-order chi connectivity index (χ0) is 14.5. The molecule has 1 heterocycles. The molecule has 1 rings (SSSR count). The number of hydrogen-bond donors (Lipinski definition) is 1. The molecule has 106 valence electrons. The van der Waals surface area contributed by atoms with Crippen molar-refractivity contribution in [2.75, 3.05) is 6.61 Å². The number of nitrogens with zero attached hydrogens (tertiary/aromatic N) is 3. The standard InChI is InChI=1S/C12H19N3O4/c1-4-6-12(10(16)17,11(18)19-5-2)7-9-13-8-14-15(9)3/h8H,4-7H2,1-3H3,(H,16,17). The molecule has 0 aliphatic carbocycles. The number of aliphatic carboxylic acids is 1. The van der Waals surface area contributed by atoms with Gasteiger partial charge in [0.2, 0.25) is 0 Å². The summed E-state index contributed by atoms with van der Waals surface area (Å²) >= 11 is 0. The molecular weight excluding hydrogens is 250 g/mol. The summed E-state index contributed by atoms with van der Waals surface area (Å²) < 4.78 is 6.40. The van der Waals surface area contributed by atoms with Gasteiger partial charge in [0.15, 0.2) is 5.41 Å². The molecule has 0 amide bonds. The average Bonchev–Trinajstić information content (AvgIpc) is 2.74. The number of aromatic nitrogens is 3. The molecule has 0 fully saturated rings. The minimum Gasteiger partial charge on any atom is -0.480 e. The lowest BCUT2D eigenvalue weighted by Gasteiger charge is -2.26. The van der Waals surface area contributed by atoms with Crippen molar-refractivity contribution >= 4 is 11.9 Å². The molecule has 0 bridgehead atoms. The van der Waals surface area contributed by atoms with E-state index in [9.17, 15) is 14.7 Å². The lowest BCUT2D eigenvalue weighted by atomic mass is 9.80. The SMILES string of the molecule is CCCC(Cc1ncnn1C)(C(=O)O)C(=O)OCC. The fourth-order valence-electron chi connectivity index (χ4n) is 1.98. The number of hydrogen-bond acceptors (Lipinski definition) is 5. The van der Waals surface area contributed by atoms with Crippen molar-refractivity contribution in [1.82, 2.24) is 14.8 Å². The van der Waals surface area contributed by atoms with Crippen LogP contribution in [-0.4, -0.2) is 38.4 Å². The van der Waals surface area contributed by atoms with Gasteiger partial charge in [-0.1, -0.05) is 13.3 Å². The van der Waals surface area contributed by atoms with Gasteiger partial charge in [-0.05, 0) is 13.3 Å². The van der Waals surface area contributed by atoms with Crippen LogP contribution < -0.4 is 0 Å². The molecule has 0 saturated heterocycles. The number of carbonyl (C=O) groups is 2. The van der Waals surface area contributed by atoms with E-state index in [0.717, 1.165) is 0 Å². The number of ether oxygens (including phenoxy) is 1. The van der Waals surface area contributed by atoms with Crippen molar-refractivity contribution in [2.24, 2.45) is 12.5 Å². The van der Waals surface area contributed by atoms with Crippen LogP contribution in [0.4, 0.5) is 0 Å². The number of carbonyl (C=O) groups excluding carboxylic acids is 1. The lowest BCUT2D eigenvalue weighted by Crippen LogP contribution is -2.43. The second-order valence-electron chi connectivity index (χ2n) is 4.33. The molecule has 1 atom stereocenters. The molecule has 7 nitrogen and oxygen atoms in total. The van der Waals surface area contributed by atoms with Crippen LogP contribution in [0.15, 0.2) is 6.33 Å². The number of rotatable bonds is 7. The van der Waals surface area contributed by atoms with E-state index in [4.69, 9.17) is 4.74 Å². The van der Waals surface area contributed by atoms with Crippen molar-refractivity contribution < 1.29 is 19.4 Å². The van der Waals surface area contributed by atoms with E-state index in [1.807, 2.05) is 6.92 Å². The molecule has 1 unspecified atom stereocenters. The van der Waals surface area contributed by atoms with Crippen LogP contribution in [-0.2, 0) is 27.8 Å². The van der Waals surface area contributed by atoms with Crippen molar-refractivity contribution in [3.8, 4) is 0 Å². The van der Waals surface area contributed by atoms with E-state index in [-0.39, 0.29) is 19.4 Å². The van der Waals surface area contributed by atoms with Crippen molar-refractivity contribution in [3.63, 3.8) is 0 Å². The Morgan fingerprint density at radius 2 is 2.16 bits per heavy atom. The Bertz CT molecular complexity index is 458. The summed E-state index contributed by atoms with van der Waals surface area (Å²) in [5, 5.41) is 13.4. The third-order valence-corrected chi connectivity index (χ3v) is 3.02. The maximum Gasteiger partial charge on any atom is 0.323 e. The quantitative estimate of drug-likeness (QED) is 0.581. The minimum absolute atomic E-state index is 0.0223. The molecule has 19 heavy (non-hydrogen) atoms. The third kappa shape index (κ3) is 3.10. The highest BCUT2D eigenvalue weighted by atomic mass is 16.5. The number of aryl methyl sites for hydroxylation is 1. The van der Waals surface area contributed by atoms with Crippen LogP contribution in [0.2, 0.25) is 0 Å². The Hall–Kier alpha value is -1.92. The van der Waals surface area contributed by atoms with Gasteiger partial charge in [0.05, 0.1) is 6.61 Å². The zero-order valence-electron chi connectivity index (χ0n) is 11.4. The van der Waals surface area contributed by atoms with Gasteiger partial charge < -0.3 is 9.84 Å². The minimum atomic E-state index is -1.59. The number of carboxylic acids is 1. The molecule has 1 aromatic rings. The first-order chi connectivity index (χ1) is 8.97. The first-order valence-corrected chi connectivity index (χ1v) is 6.21.